The van der Waals surface area contributed by atoms with E-state index in [4.69, 9.17) is 23.8 Å². The van der Waals surface area contributed by atoms with Crippen LogP contribution in [0.5, 0.6) is 0 Å². The Morgan fingerprint density at radius 3 is 1.45 bits per heavy atom. The second-order valence-electron chi connectivity index (χ2n) is 17.5. The molecule has 322 valence electrons. The predicted octanol–water partition coefficient (Wildman–Crippen LogP) is 16.8. The molecule has 0 aliphatic rings. The number of hydrogen-bond acceptors (Lipinski definition) is 5. The van der Waals surface area contributed by atoms with Gasteiger partial charge in [0.15, 0.2) is 17.5 Å². The molecular formula is C63H38N4O2. The van der Waals surface area contributed by atoms with Crippen molar-refractivity contribution in [2.45, 2.75) is 0 Å². The van der Waals surface area contributed by atoms with E-state index in [0.29, 0.717) is 17.5 Å². The van der Waals surface area contributed by atoms with E-state index in [-0.39, 0.29) is 0 Å². The molecule has 0 saturated carbocycles. The fourth-order valence-electron chi connectivity index (χ4n) is 10.2. The first-order chi connectivity index (χ1) is 34.2. The number of aromatic nitrogens is 4. The van der Waals surface area contributed by atoms with Gasteiger partial charge in [0.05, 0.1) is 22.1 Å². The summed E-state index contributed by atoms with van der Waals surface area (Å²) in [4.78, 5) is 14.9. The average molecular weight is 883 g/mol. The van der Waals surface area contributed by atoms with Crippen molar-refractivity contribution in [3.63, 3.8) is 0 Å². The SMILES string of the molecule is c1ccc(-c2ccc3c(c2)c2ccccc2n3-c2cccc3oc4cc(-c5ccc6c(c5)oc5cccc(-c7cccc(-c8nc(-c9ccccc9)nc(-c9ccccc9)n8)c7)c56)ccc4c23)cc1. The standard InChI is InChI=1S/C63H38N4O2/c1-4-15-39(16-5-1)42-31-34-53-51(36-42)48-23-10-11-25-52(48)67(53)54-26-14-28-56-60(54)50-33-30-44(38-58(50)69-56)43-29-32-49-57(37-43)68-55-27-13-24-47(59(49)55)45-21-12-22-46(35-45)63-65-61(40-17-6-2-7-18-40)64-62(66-63)41-19-8-3-9-20-41/h1-38H. The number of rotatable bonds is 7. The lowest BCUT2D eigenvalue weighted by molar-refractivity contribution is 0.668. The summed E-state index contributed by atoms with van der Waals surface area (Å²) in [5.74, 6) is 1.87. The summed E-state index contributed by atoms with van der Waals surface area (Å²) >= 11 is 0. The minimum atomic E-state index is 0.611. The van der Waals surface area contributed by atoms with Crippen LogP contribution in [-0.4, -0.2) is 19.5 Å². The van der Waals surface area contributed by atoms with Gasteiger partial charge in [0.2, 0.25) is 0 Å². The Labute approximate surface area is 396 Å². The molecule has 6 heteroatoms. The van der Waals surface area contributed by atoms with Crippen LogP contribution in [0.1, 0.15) is 0 Å². The van der Waals surface area contributed by atoms with E-state index in [0.717, 1.165) is 99.5 Å². The third-order valence-corrected chi connectivity index (χ3v) is 13.5. The molecule has 0 aliphatic heterocycles. The Morgan fingerprint density at radius 1 is 0.275 bits per heavy atom. The van der Waals surface area contributed by atoms with Gasteiger partial charge in [-0.15, -0.1) is 0 Å². The first kappa shape index (κ1) is 38.8. The van der Waals surface area contributed by atoms with E-state index in [9.17, 15) is 0 Å². The molecule has 0 atom stereocenters. The smallest absolute Gasteiger partial charge is 0.164 e. The summed E-state index contributed by atoms with van der Waals surface area (Å²) < 4.78 is 15.8. The number of nitrogens with zero attached hydrogens (tertiary/aromatic N) is 4. The van der Waals surface area contributed by atoms with Crippen LogP contribution >= 0.6 is 0 Å². The normalized spacial score (nSPS) is 11.8. The number of hydrogen-bond donors (Lipinski definition) is 0. The minimum Gasteiger partial charge on any atom is -0.456 e. The van der Waals surface area contributed by atoms with Crippen molar-refractivity contribution < 1.29 is 8.83 Å². The van der Waals surface area contributed by atoms with Crippen molar-refractivity contribution in [2.24, 2.45) is 0 Å². The van der Waals surface area contributed by atoms with Crippen molar-refractivity contribution in [1.82, 2.24) is 19.5 Å². The Kier molecular flexibility index (Phi) is 8.79. The molecule has 6 nitrogen and oxygen atoms in total. The van der Waals surface area contributed by atoms with Gasteiger partial charge in [-0.05, 0) is 100 Å². The van der Waals surface area contributed by atoms with Crippen LogP contribution in [0.3, 0.4) is 0 Å². The summed E-state index contributed by atoms with van der Waals surface area (Å²) in [6, 6.07) is 80.3. The third kappa shape index (κ3) is 6.45. The second-order valence-corrected chi connectivity index (χ2v) is 17.5. The molecule has 4 heterocycles. The Hall–Kier alpha value is -9.39. The minimum absolute atomic E-state index is 0.611. The van der Waals surface area contributed by atoms with Gasteiger partial charge in [-0.3, -0.25) is 0 Å². The molecule has 10 aromatic carbocycles. The van der Waals surface area contributed by atoms with Crippen molar-refractivity contribution in [3.05, 3.63) is 231 Å². The topological polar surface area (TPSA) is 69.9 Å². The van der Waals surface area contributed by atoms with Gasteiger partial charge in [0.25, 0.3) is 0 Å². The lowest BCUT2D eigenvalue weighted by Crippen LogP contribution is -2.00. The van der Waals surface area contributed by atoms with Gasteiger partial charge in [-0.1, -0.05) is 164 Å². The van der Waals surface area contributed by atoms with Gasteiger partial charge in [-0.2, -0.15) is 0 Å². The molecular weight excluding hydrogens is 845 g/mol. The lowest BCUT2D eigenvalue weighted by atomic mass is 9.96. The molecule has 14 rings (SSSR count). The van der Waals surface area contributed by atoms with E-state index in [1.807, 2.05) is 66.7 Å². The highest BCUT2D eigenvalue weighted by Gasteiger charge is 2.20. The van der Waals surface area contributed by atoms with Crippen LogP contribution in [-0.2, 0) is 0 Å². The fraction of sp³-hybridized carbons (Fsp3) is 0. The van der Waals surface area contributed by atoms with Crippen molar-refractivity contribution >= 4 is 65.7 Å². The van der Waals surface area contributed by atoms with Gasteiger partial charge < -0.3 is 13.4 Å². The van der Waals surface area contributed by atoms with E-state index < -0.39 is 0 Å². The van der Waals surface area contributed by atoms with Gasteiger partial charge in [-0.25, -0.2) is 15.0 Å². The highest BCUT2D eigenvalue weighted by molar-refractivity contribution is 6.16. The molecule has 4 aromatic heterocycles. The van der Waals surface area contributed by atoms with Crippen LogP contribution in [0.2, 0.25) is 0 Å². The Morgan fingerprint density at radius 2 is 0.768 bits per heavy atom. The molecule has 0 fully saturated rings. The maximum absolute atomic E-state index is 6.70. The van der Waals surface area contributed by atoms with Crippen molar-refractivity contribution in [3.8, 4) is 73.2 Å². The number of benzene rings is 10. The Balaban J connectivity index is 0.842. The quantitative estimate of drug-likeness (QED) is 0.159. The zero-order valence-electron chi connectivity index (χ0n) is 37.0. The zero-order valence-corrected chi connectivity index (χ0v) is 37.0. The monoisotopic (exact) mass is 882 g/mol. The maximum Gasteiger partial charge on any atom is 0.164 e. The largest absolute Gasteiger partial charge is 0.456 e. The van der Waals surface area contributed by atoms with Crippen LogP contribution in [0, 0.1) is 0 Å². The number of fused-ring (bicyclic) bond motifs is 9. The third-order valence-electron chi connectivity index (χ3n) is 13.5. The molecule has 0 radical (unpaired) electrons. The Bertz CT molecular complexity index is 4250. The molecule has 0 aliphatic carbocycles. The van der Waals surface area contributed by atoms with Crippen LogP contribution in [0.25, 0.3) is 139 Å². The maximum atomic E-state index is 6.70. The van der Waals surface area contributed by atoms with Gasteiger partial charge >= 0.3 is 0 Å². The van der Waals surface area contributed by atoms with E-state index in [1.54, 1.807) is 0 Å². The van der Waals surface area contributed by atoms with E-state index >= 15 is 0 Å². The molecule has 0 amide bonds. The molecule has 14 aromatic rings. The molecule has 0 unspecified atom stereocenters. The van der Waals surface area contributed by atoms with Gasteiger partial charge in [0, 0.05) is 43.6 Å². The van der Waals surface area contributed by atoms with E-state index in [1.165, 1.54) is 21.9 Å². The fourth-order valence-corrected chi connectivity index (χ4v) is 10.2. The summed E-state index contributed by atoms with van der Waals surface area (Å²) in [6.45, 7) is 0. The van der Waals surface area contributed by atoms with Gasteiger partial charge in [0.1, 0.15) is 22.3 Å². The molecule has 0 saturated heterocycles. The molecule has 0 bridgehead atoms. The number of para-hydroxylation sites is 1. The highest BCUT2D eigenvalue weighted by Crippen LogP contribution is 2.43. The van der Waals surface area contributed by atoms with Crippen molar-refractivity contribution in [1.29, 1.82) is 0 Å². The van der Waals surface area contributed by atoms with E-state index in [2.05, 4.69) is 168 Å². The first-order valence-electron chi connectivity index (χ1n) is 23.2. The number of furan rings is 2. The second kappa shape index (κ2) is 15.6. The molecule has 0 spiro atoms. The first-order valence-corrected chi connectivity index (χ1v) is 23.2. The summed E-state index contributed by atoms with van der Waals surface area (Å²) in [5, 5.41) is 6.69. The van der Waals surface area contributed by atoms with Crippen LogP contribution in [0.4, 0.5) is 0 Å². The summed E-state index contributed by atoms with van der Waals surface area (Å²) in [7, 11) is 0. The van der Waals surface area contributed by atoms with Crippen LogP contribution in [0.15, 0.2) is 239 Å². The highest BCUT2D eigenvalue weighted by atomic mass is 16.3. The summed E-state index contributed by atoms with van der Waals surface area (Å²) in [6.07, 6.45) is 0. The predicted molar refractivity (Wildman–Crippen MR) is 281 cm³/mol. The summed E-state index contributed by atoms with van der Waals surface area (Å²) in [5.41, 5.74) is 16.1. The molecule has 0 N–H and O–H groups in total. The zero-order chi connectivity index (χ0) is 45.4. The lowest BCUT2D eigenvalue weighted by Gasteiger charge is -2.10. The van der Waals surface area contributed by atoms with Crippen LogP contribution < -0.4 is 0 Å². The molecule has 69 heavy (non-hydrogen) atoms. The average Bonchev–Trinajstić information content (AvgIpc) is 4.10. The van der Waals surface area contributed by atoms with Crippen molar-refractivity contribution in [2.75, 3.05) is 0 Å².